The highest BCUT2D eigenvalue weighted by Crippen LogP contribution is 2.50. The molecular formula is C32H41F3N6O2. The van der Waals surface area contributed by atoms with Crippen molar-refractivity contribution in [3.8, 4) is 0 Å². The Morgan fingerprint density at radius 2 is 1.88 bits per heavy atom. The summed E-state index contributed by atoms with van der Waals surface area (Å²) in [6.45, 7) is 12.5. The molecule has 4 aliphatic heterocycles. The first kappa shape index (κ1) is 29.9. The fourth-order valence-electron chi connectivity index (χ4n) is 7.39. The smallest absolute Gasteiger partial charge is 0.280 e. The summed E-state index contributed by atoms with van der Waals surface area (Å²) in [4.78, 5) is 29.5. The van der Waals surface area contributed by atoms with Crippen LogP contribution in [0.5, 0.6) is 0 Å². The number of hydrogen-bond donors (Lipinski definition) is 0. The molecule has 6 heterocycles. The Bertz CT molecular complexity index is 1350. The summed E-state index contributed by atoms with van der Waals surface area (Å²) < 4.78 is 49.2. The summed E-state index contributed by atoms with van der Waals surface area (Å²) in [6, 6.07) is 4.25. The van der Waals surface area contributed by atoms with Gasteiger partial charge >= 0.3 is 0 Å². The summed E-state index contributed by atoms with van der Waals surface area (Å²) >= 11 is 0. The highest BCUT2D eigenvalue weighted by Gasteiger charge is 2.49. The Morgan fingerprint density at radius 3 is 2.51 bits per heavy atom. The van der Waals surface area contributed by atoms with E-state index in [-0.39, 0.29) is 11.6 Å². The fourth-order valence-corrected chi connectivity index (χ4v) is 7.39. The lowest BCUT2D eigenvalue weighted by Gasteiger charge is -2.49. The summed E-state index contributed by atoms with van der Waals surface area (Å²) in [6.07, 6.45) is 2.21. The highest BCUT2D eigenvalue weighted by atomic mass is 19.3. The number of pyridine rings is 2. The van der Waals surface area contributed by atoms with Crippen LogP contribution in [0.4, 0.5) is 24.7 Å². The van der Waals surface area contributed by atoms with Gasteiger partial charge in [0.05, 0.1) is 11.3 Å². The molecule has 1 spiro atoms. The van der Waals surface area contributed by atoms with Gasteiger partial charge in [0.2, 0.25) is 5.91 Å². The van der Waals surface area contributed by atoms with Gasteiger partial charge in [0, 0.05) is 87.5 Å². The molecular weight excluding hydrogens is 557 g/mol. The summed E-state index contributed by atoms with van der Waals surface area (Å²) in [5.74, 6) is 0.521. The van der Waals surface area contributed by atoms with Crippen molar-refractivity contribution in [2.45, 2.75) is 63.7 Å². The van der Waals surface area contributed by atoms with Gasteiger partial charge in [-0.1, -0.05) is 19.9 Å². The molecule has 2 aromatic rings. The number of hydrogen-bond acceptors (Lipinski definition) is 7. The van der Waals surface area contributed by atoms with Crippen LogP contribution in [-0.2, 0) is 21.6 Å². The van der Waals surface area contributed by atoms with Crippen LogP contribution in [0.3, 0.4) is 0 Å². The number of aryl methyl sites for hydroxylation is 1. The lowest BCUT2D eigenvalue weighted by atomic mass is 9.82. The lowest BCUT2D eigenvalue weighted by molar-refractivity contribution is -0.128. The quantitative estimate of drug-likeness (QED) is 0.407. The maximum Gasteiger partial charge on any atom is 0.280 e. The van der Waals surface area contributed by atoms with Gasteiger partial charge in [-0.15, -0.1) is 0 Å². The van der Waals surface area contributed by atoms with Gasteiger partial charge in [0.15, 0.2) is 0 Å². The minimum absolute atomic E-state index is 0.0377. The first-order chi connectivity index (χ1) is 20.8. The van der Waals surface area contributed by atoms with E-state index in [0.29, 0.717) is 68.6 Å². The molecule has 1 atom stereocenters. The number of fused-ring (bicyclic) bond motifs is 2. The van der Waals surface area contributed by atoms with E-state index in [1.54, 1.807) is 6.20 Å². The number of alkyl halides is 3. The summed E-state index contributed by atoms with van der Waals surface area (Å²) in [7, 11) is 0. The van der Waals surface area contributed by atoms with E-state index in [0.717, 1.165) is 49.4 Å². The Hall–Kier alpha value is -3.18. The summed E-state index contributed by atoms with van der Waals surface area (Å²) in [5, 5.41) is 0. The van der Waals surface area contributed by atoms with Gasteiger partial charge in [-0.2, -0.15) is 0 Å². The normalized spacial score (nSPS) is 22.3. The number of rotatable bonds is 8. The van der Waals surface area contributed by atoms with Crippen LogP contribution in [0, 0.1) is 6.92 Å². The number of nitrogens with zero attached hydrogens (tertiary/aromatic N) is 6. The second-order valence-electron chi connectivity index (χ2n) is 12.2. The molecule has 0 unspecified atom stereocenters. The standard InChI is InChI=1S/C32H41F3N6O2/c1-4-6-23-24(41-19-22(20-41)38-13-15-40(16-14-38)27(42)5-2)17-26(37-29(23)31(34)35)39-11-8-32(9-12-39)28-21(3)7-10-36-30(28)25(18-33)43-32/h5,7,10,17,22,25,31H,2,4,6,8-9,11-16,18-20H2,1,3H3/t25-/m1/s1. The Morgan fingerprint density at radius 1 is 1.16 bits per heavy atom. The molecule has 4 aliphatic rings. The molecule has 6 rings (SSSR count). The second-order valence-corrected chi connectivity index (χ2v) is 12.2. The van der Waals surface area contributed by atoms with Crippen LogP contribution in [-0.4, -0.2) is 90.7 Å². The van der Waals surface area contributed by atoms with Gasteiger partial charge < -0.3 is 19.4 Å². The fraction of sp³-hybridized carbons (Fsp3) is 0.594. The van der Waals surface area contributed by atoms with Gasteiger partial charge in [-0.25, -0.2) is 18.2 Å². The minimum atomic E-state index is -2.67. The van der Waals surface area contributed by atoms with Crippen molar-refractivity contribution >= 4 is 17.4 Å². The van der Waals surface area contributed by atoms with Crippen molar-refractivity contribution in [2.24, 2.45) is 0 Å². The number of anilines is 2. The average molecular weight is 599 g/mol. The van der Waals surface area contributed by atoms with E-state index >= 15 is 0 Å². The number of piperazine rings is 1. The van der Waals surface area contributed by atoms with Crippen LogP contribution in [0.25, 0.3) is 0 Å². The average Bonchev–Trinajstić information content (AvgIpc) is 3.31. The molecule has 8 nitrogen and oxygen atoms in total. The van der Waals surface area contributed by atoms with Crippen LogP contribution in [0.2, 0.25) is 0 Å². The molecule has 0 N–H and O–H groups in total. The first-order valence-corrected chi connectivity index (χ1v) is 15.5. The monoisotopic (exact) mass is 598 g/mol. The number of amides is 1. The van der Waals surface area contributed by atoms with E-state index in [1.165, 1.54) is 6.08 Å². The minimum Gasteiger partial charge on any atom is -0.368 e. The Balaban J connectivity index is 1.20. The molecule has 11 heteroatoms. The van der Waals surface area contributed by atoms with E-state index < -0.39 is 24.8 Å². The third-order valence-corrected chi connectivity index (χ3v) is 9.70. The van der Waals surface area contributed by atoms with Gasteiger partial charge in [0.25, 0.3) is 6.43 Å². The summed E-state index contributed by atoms with van der Waals surface area (Å²) in [5.41, 5.74) is 3.44. The molecule has 0 saturated carbocycles. The van der Waals surface area contributed by atoms with Crippen LogP contribution < -0.4 is 9.80 Å². The number of piperidine rings is 1. The molecule has 3 saturated heterocycles. The van der Waals surface area contributed by atoms with Gasteiger partial charge in [0.1, 0.15) is 24.3 Å². The third-order valence-electron chi connectivity index (χ3n) is 9.70. The van der Waals surface area contributed by atoms with Crippen molar-refractivity contribution in [1.82, 2.24) is 19.8 Å². The topological polar surface area (TPSA) is 65.0 Å². The van der Waals surface area contributed by atoms with Gasteiger partial charge in [-0.3, -0.25) is 14.7 Å². The molecule has 43 heavy (non-hydrogen) atoms. The van der Waals surface area contributed by atoms with Crippen molar-refractivity contribution in [2.75, 3.05) is 68.8 Å². The predicted octanol–water partition coefficient (Wildman–Crippen LogP) is 4.73. The van der Waals surface area contributed by atoms with E-state index in [1.807, 2.05) is 30.9 Å². The zero-order valence-corrected chi connectivity index (χ0v) is 25.1. The molecule has 1 amide bonds. The van der Waals surface area contributed by atoms with E-state index in [4.69, 9.17) is 4.74 Å². The molecule has 0 radical (unpaired) electrons. The lowest BCUT2D eigenvalue weighted by Crippen LogP contribution is -2.63. The number of halogens is 3. The van der Waals surface area contributed by atoms with E-state index in [2.05, 4.69) is 31.2 Å². The zero-order chi connectivity index (χ0) is 30.3. The SMILES string of the molecule is C=CC(=O)N1CCN(C2CN(c3cc(N4CCC5(CC4)O[C@H](CF)c4nccc(C)c45)nc(C(F)F)c3CCC)C2)CC1. The zero-order valence-electron chi connectivity index (χ0n) is 25.1. The number of carbonyl (C=O) groups excluding carboxylic acids is 1. The van der Waals surface area contributed by atoms with Crippen LogP contribution in [0.15, 0.2) is 31.0 Å². The largest absolute Gasteiger partial charge is 0.368 e. The number of aromatic nitrogens is 2. The molecule has 0 bridgehead atoms. The number of carbonyl (C=O) groups is 1. The van der Waals surface area contributed by atoms with Crippen molar-refractivity contribution in [3.63, 3.8) is 0 Å². The maximum absolute atomic E-state index is 14.5. The molecule has 2 aromatic heterocycles. The molecule has 0 aromatic carbocycles. The first-order valence-electron chi connectivity index (χ1n) is 15.5. The van der Waals surface area contributed by atoms with Crippen molar-refractivity contribution < 1.29 is 22.7 Å². The van der Waals surface area contributed by atoms with Crippen LogP contribution >= 0.6 is 0 Å². The van der Waals surface area contributed by atoms with Crippen molar-refractivity contribution in [3.05, 3.63) is 59.1 Å². The van der Waals surface area contributed by atoms with Crippen LogP contribution in [0.1, 0.15) is 66.8 Å². The maximum atomic E-state index is 14.5. The molecule has 3 fully saturated rings. The van der Waals surface area contributed by atoms with Gasteiger partial charge in [-0.05, 0) is 43.9 Å². The Labute approximate surface area is 251 Å². The molecule has 232 valence electrons. The van der Waals surface area contributed by atoms with E-state index in [9.17, 15) is 18.0 Å². The predicted molar refractivity (Wildman–Crippen MR) is 159 cm³/mol. The Kier molecular flexibility index (Phi) is 8.39. The highest BCUT2D eigenvalue weighted by molar-refractivity contribution is 5.87. The second kappa shape index (κ2) is 12.1. The number of ether oxygens (including phenoxy) is 1. The third kappa shape index (κ3) is 5.39. The molecule has 0 aliphatic carbocycles. The van der Waals surface area contributed by atoms with Crippen molar-refractivity contribution in [1.29, 1.82) is 0 Å².